The number of aromatic nitrogens is 1. The average Bonchev–Trinajstić information content (AvgIpc) is 2.46. The maximum absolute atomic E-state index is 12.8. The molecule has 0 amide bonds. The summed E-state index contributed by atoms with van der Waals surface area (Å²) in [5.74, 6) is -1.30. The van der Waals surface area contributed by atoms with Crippen LogP contribution in [0.3, 0.4) is 0 Å². The van der Waals surface area contributed by atoms with Crippen molar-refractivity contribution in [2.24, 2.45) is 5.92 Å². The van der Waals surface area contributed by atoms with Gasteiger partial charge in [0.1, 0.15) is 0 Å². The molecule has 21 heavy (non-hydrogen) atoms. The van der Waals surface area contributed by atoms with Crippen LogP contribution < -0.4 is 0 Å². The Morgan fingerprint density at radius 2 is 1.86 bits per heavy atom. The summed E-state index contributed by atoms with van der Waals surface area (Å²) in [4.78, 5) is 4.04. The molecule has 1 aromatic carbocycles. The van der Waals surface area contributed by atoms with Gasteiger partial charge >= 0.3 is 6.18 Å². The van der Waals surface area contributed by atoms with E-state index in [-0.39, 0.29) is 25.7 Å². The van der Waals surface area contributed by atoms with Crippen molar-refractivity contribution in [2.45, 2.75) is 37.5 Å². The van der Waals surface area contributed by atoms with Crippen LogP contribution in [0.25, 0.3) is 10.8 Å². The number of rotatable bonds is 1. The fourth-order valence-corrected chi connectivity index (χ4v) is 3.22. The molecule has 2 nitrogen and oxygen atoms in total. The maximum atomic E-state index is 12.8. The van der Waals surface area contributed by atoms with E-state index in [1.165, 1.54) is 0 Å². The van der Waals surface area contributed by atoms with Crippen LogP contribution in [0.2, 0.25) is 0 Å². The number of nitrogens with zero attached hydrogens (tertiary/aromatic N) is 1. The second-order valence-corrected chi connectivity index (χ2v) is 5.75. The van der Waals surface area contributed by atoms with Crippen LogP contribution in [0.1, 0.15) is 31.2 Å². The second kappa shape index (κ2) is 4.98. The van der Waals surface area contributed by atoms with Crippen LogP contribution in [0.15, 0.2) is 36.7 Å². The van der Waals surface area contributed by atoms with Crippen molar-refractivity contribution < 1.29 is 18.3 Å². The molecule has 0 spiro atoms. The zero-order valence-electron chi connectivity index (χ0n) is 11.4. The summed E-state index contributed by atoms with van der Waals surface area (Å²) in [5.41, 5.74) is -0.467. The van der Waals surface area contributed by atoms with Gasteiger partial charge in [-0.15, -0.1) is 0 Å². The first-order valence-corrected chi connectivity index (χ1v) is 7.02. The molecule has 0 unspecified atom stereocenters. The Kier molecular flexibility index (Phi) is 3.40. The third kappa shape index (κ3) is 2.62. The van der Waals surface area contributed by atoms with Crippen molar-refractivity contribution in [3.8, 4) is 0 Å². The molecule has 1 aromatic heterocycles. The number of halogens is 3. The van der Waals surface area contributed by atoms with Gasteiger partial charge in [0.15, 0.2) is 0 Å². The molecule has 1 N–H and O–H groups in total. The van der Waals surface area contributed by atoms with Gasteiger partial charge in [-0.05, 0) is 42.7 Å². The molecule has 0 bridgehead atoms. The molecule has 1 heterocycles. The van der Waals surface area contributed by atoms with Gasteiger partial charge in [-0.25, -0.2) is 0 Å². The topological polar surface area (TPSA) is 33.1 Å². The Morgan fingerprint density at radius 3 is 2.52 bits per heavy atom. The first-order valence-electron chi connectivity index (χ1n) is 7.02. The number of pyridine rings is 1. The number of benzene rings is 1. The maximum Gasteiger partial charge on any atom is 0.391 e. The van der Waals surface area contributed by atoms with Gasteiger partial charge in [-0.3, -0.25) is 4.98 Å². The van der Waals surface area contributed by atoms with Crippen molar-refractivity contribution in [1.29, 1.82) is 0 Å². The molecule has 1 saturated carbocycles. The molecule has 3 rings (SSSR count). The van der Waals surface area contributed by atoms with Crippen molar-refractivity contribution in [3.63, 3.8) is 0 Å². The Bertz CT molecular complexity index is 640. The highest BCUT2D eigenvalue weighted by molar-refractivity contribution is 5.85. The minimum Gasteiger partial charge on any atom is -0.385 e. The molecule has 2 aromatic rings. The van der Waals surface area contributed by atoms with Gasteiger partial charge in [-0.2, -0.15) is 13.2 Å². The molecule has 1 fully saturated rings. The Hall–Kier alpha value is -1.62. The summed E-state index contributed by atoms with van der Waals surface area (Å²) in [6, 6.07) is 7.30. The van der Waals surface area contributed by atoms with Crippen LogP contribution >= 0.6 is 0 Å². The molecule has 0 saturated heterocycles. The molecule has 0 aliphatic heterocycles. The van der Waals surface area contributed by atoms with Gasteiger partial charge in [0.05, 0.1) is 11.5 Å². The zero-order valence-corrected chi connectivity index (χ0v) is 11.4. The number of aliphatic hydroxyl groups is 1. The number of fused-ring (bicyclic) bond motifs is 1. The molecule has 1 aliphatic carbocycles. The molecular formula is C16H16F3NO. The van der Waals surface area contributed by atoms with Gasteiger partial charge in [0, 0.05) is 17.8 Å². The zero-order chi connectivity index (χ0) is 15.1. The smallest absolute Gasteiger partial charge is 0.385 e. The summed E-state index contributed by atoms with van der Waals surface area (Å²) in [7, 11) is 0. The van der Waals surface area contributed by atoms with E-state index in [2.05, 4.69) is 4.98 Å². The number of alkyl halides is 3. The standard InChI is InChI=1S/C16H16F3NO/c17-16(18,19)12-4-7-15(21,8-5-12)14-3-1-2-11-10-20-9-6-13(11)14/h1-3,6,9-10,12,21H,4-5,7-8H2. The third-order valence-electron chi connectivity index (χ3n) is 4.46. The minimum atomic E-state index is -4.16. The first-order chi connectivity index (χ1) is 9.90. The van der Waals surface area contributed by atoms with Crippen LogP contribution in [-0.4, -0.2) is 16.3 Å². The Labute approximate surface area is 120 Å². The monoisotopic (exact) mass is 295 g/mol. The number of hydrogen-bond donors (Lipinski definition) is 1. The highest BCUT2D eigenvalue weighted by Gasteiger charge is 2.46. The van der Waals surface area contributed by atoms with Crippen LogP contribution in [-0.2, 0) is 5.60 Å². The Morgan fingerprint density at radius 1 is 1.14 bits per heavy atom. The average molecular weight is 295 g/mol. The lowest BCUT2D eigenvalue weighted by Gasteiger charge is -2.37. The van der Waals surface area contributed by atoms with E-state index in [0.29, 0.717) is 5.56 Å². The summed E-state index contributed by atoms with van der Waals surface area (Å²) >= 11 is 0. The minimum absolute atomic E-state index is 0.0263. The van der Waals surface area contributed by atoms with Crippen LogP contribution in [0.5, 0.6) is 0 Å². The van der Waals surface area contributed by atoms with Crippen molar-refractivity contribution in [3.05, 3.63) is 42.2 Å². The van der Waals surface area contributed by atoms with Crippen molar-refractivity contribution in [2.75, 3.05) is 0 Å². The van der Waals surface area contributed by atoms with Gasteiger partial charge < -0.3 is 5.11 Å². The van der Waals surface area contributed by atoms with Gasteiger partial charge in [0.25, 0.3) is 0 Å². The SMILES string of the molecule is OC1(c2cccc3cnccc23)CCC(C(F)(F)F)CC1. The number of hydrogen-bond acceptors (Lipinski definition) is 2. The van der Waals surface area contributed by atoms with Gasteiger partial charge in [0.2, 0.25) is 0 Å². The lowest BCUT2D eigenvalue weighted by molar-refractivity contribution is -0.193. The van der Waals surface area contributed by atoms with E-state index in [9.17, 15) is 18.3 Å². The fraction of sp³-hybridized carbons (Fsp3) is 0.438. The quantitative estimate of drug-likeness (QED) is 0.856. The van der Waals surface area contributed by atoms with E-state index < -0.39 is 17.7 Å². The summed E-state index contributed by atoms with van der Waals surface area (Å²) in [6.07, 6.45) is -0.607. The molecular weight excluding hydrogens is 279 g/mol. The lowest BCUT2D eigenvalue weighted by atomic mass is 9.74. The third-order valence-corrected chi connectivity index (χ3v) is 4.46. The summed E-state index contributed by atoms with van der Waals surface area (Å²) in [5, 5.41) is 12.6. The fourth-order valence-electron chi connectivity index (χ4n) is 3.22. The van der Waals surface area contributed by atoms with Crippen molar-refractivity contribution >= 4 is 10.8 Å². The molecule has 5 heteroatoms. The lowest BCUT2D eigenvalue weighted by Crippen LogP contribution is -2.36. The summed E-state index contributed by atoms with van der Waals surface area (Å²) in [6.45, 7) is 0. The normalized spacial score (nSPS) is 27.0. The van der Waals surface area contributed by atoms with Crippen LogP contribution in [0, 0.1) is 5.92 Å². The predicted molar refractivity (Wildman–Crippen MR) is 73.7 cm³/mol. The van der Waals surface area contributed by atoms with E-state index in [0.717, 1.165) is 10.8 Å². The van der Waals surface area contributed by atoms with Gasteiger partial charge in [-0.1, -0.05) is 18.2 Å². The molecule has 112 valence electrons. The summed E-state index contributed by atoms with van der Waals surface area (Å²) < 4.78 is 38.3. The molecule has 1 aliphatic rings. The van der Waals surface area contributed by atoms with Crippen LogP contribution in [0.4, 0.5) is 13.2 Å². The van der Waals surface area contributed by atoms with Crippen molar-refractivity contribution in [1.82, 2.24) is 4.98 Å². The highest BCUT2D eigenvalue weighted by atomic mass is 19.4. The largest absolute Gasteiger partial charge is 0.391 e. The molecule has 0 atom stereocenters. The van der Waals surface area contributed by atoms with E-state index in [1.807, 2.05) is 12.1 Å². The van der Waals surface area contributed by atoms with E-state index in [1.54, 1.807) is 24.5 Å². The first kappa shape index (κ1) is 14.3. The molecule has 0 radical (unpaired) electrons. The second-order valence-electron chi connectivity index (χ2n) is 5.75. The van der Waals surface area contributed by atoms with E-state index >= 15 is 0 Å². The highest BCUT2D eigenvalue weighted by Crippen LogP contribution is 2.46. The Balaban J connectivity index is 1.93. The predicted octanol–water partition coefficient (Wildman–Crippen LogP) is 4.17. The van der Waals surface area contributed by atoms with E-state index in [4.69, 9.17) is 0 Å².